The van der Waals surface area contributed by atoms with Crippen molar-refractivity contribution in [1.82, 2.24) is 0 Å². The Labute approximate surface area is 201 Å². The third-order valence-electron chi connectivity index (χ3n) is 5.10. The van der Waals surface area contributed by atoms with Crippen molar-refractivity contribution in [2.75, 3.05) is 0 Å². The van der Waals surface area contributed by atoms with Crippen LogP contribution in [0.15, 0.2) is 107 Å². The first-order chi connectivity index (χ1) is 16.7. The molecule has 0 radical (unpaired) electrons. The fraction of sp³-hybridized carbons (Fsp3) is 0.0714. The molecule has 0 atom stereocenters. The SMILES string of the molecule is O=C1OC(c2cccs2)=NC1=Cc1ccc(OCc2ccccc2)c(OCc2ccccc2)c1. The first kappa shape index (κ1) is 21.7. The summed E-state index contributed by atoms with van der Waals surface area (Å²) in [5.41, 5.74) is 3.12. The number of esters is 1. The Bertz CT molecular complexity index is 1330. The normalized spacial score (nSPS) is 14.1. The maximum atomic E-state index is 12.3. The van der Waals surface area contributed by atoms with Crippen LogP contribution in [0.25, 0.3) is 6.08 Å². The number of hydrogen-bond acceptors (Lipinski definition) is 6. The number of aliphatic imine (C=N–C) groups is 1. The third kappa shape index (κ3) is 5.24. The minimum absolute atomic E-state index is 0.246. The highest BCUT2D eigenvalue weighted by Crippen LogP contribution is 2.32. The predicted octanol–water partition coefficient (Wildman–Crippen LogP) is 6.25. The van der Waals surface area contributed by atoms with Crippen molar-refractivity contribution in [2.45, 2.75) is 13.2 Å². The summed E-state index contributed by atoms with van der Waals surface area (Å²) in [6.07, 6.45) is 1.69. The molecular weight excluding hydrogens is 446 g/mol. The molecule has 0 spiro atoms. The van der Waals surface area contributed by atoms with E-state index in [1.165, 1.54) is 11.3 Å². The van der Waals surface area contributed by atoms with E-state index < -0.39 is 5.97 Å². The van der Waals surface area contributed by atoms with Gasteiger partial charge >= 0.3 is 5.97 Å². The van der Waals surface area contributed by atoms with Crippen LogP contribution in [0.5, 0.6) is 11.5 Å². The molecule has 0 N–H and O–H groups in total. The Kier molecular flexibility index (Phi) is 6.49. The first-order valence-electron chi connectivity index (χ1n) is 10.8. The largest absolute Gasteiger partial charge is 0.485 e. The molecule has 0 saturated heterocycles. The van der Waals surface area contributed by atoms with Crippen LogP contribution in [0.1, 0.15) is 21.6 Å². The number of hydrogen-bond donors (Lipinski definition) is 0. The summed E-state index contributed by atoms with van der Waals surface area (Å²) < 4.78 is 17.5. The number of thiophene rings is 1. The molecule has 0 fully saturated rings. The molecule has 6 heteroatoms. The van der Waals surface area contributed by atoms with Crippen LogP contribution in [-0.4, -0.2) is 11.9 Å². The quantitative estimate of drug-likeness (QED) is 0.227. The molecule has 5 rings (SSSR count). The van der Waals surface area contributed by atoms with Crippen LogP contribution in [0, 0.1) is 0 Å². The minimum atomic E-state index is -0.473. The van der Waals surface area contributed by atoms with Crippen molar-refractivity contribution in [3.05, 3.63) is 124 Å². The smallest absolute Gasteiger partial charge is 0.363 e. The van der Waals surface area contributed by atoms with Crippen molar-refractivity contribution in [3.63, 3.8) is 0 Å². The molecule has 0 amide bonds. The second kappa shape index (κ2) is 10.2. The van der Waals surface area contributed by atoms with Gasteiger partial charge in [0, 0.05) is 0 Å². The van der Waals surface area contributed by atoms with Gasteiger partial charge in [0.05, 0.1) is 4.88 Å². The van der Waals surface area contributed by atoms with Crippen molar-refractivity contribution in [2.24, 2.45) is 4.99 Å². The molecule has 0 aliphatic carbocycles. The molecule has 1 aliphatic heterocycles. The van der Waals surface area contributed by atoms with Gasteiger partial charge in [-0.1, -0.05) is 72.8 Å². The lowest BCUT2D eigenvalue weighted by molar-refractivity contribution is -0.129. The van der Waals surface area contributed by atoms with E-state index in [2.05, 4.69) is 4.99 Å². The zero-order valence-corrected chi connectivity index (χ0v) is 19.0. The van der Waals surface area contributed by atoms with E-state index in [0.29, 0.717) is 30.6 Å². The van der Waals surface area contributed by atoms with E-state index in [1.807, 2.05) is 96.4 Å². The molecule has 1 aromatic heterocycles. The highest BCUT2D eigenvalue weighted by Gasteiger charge is 2.24. The van der Waals surface area contributed by atoms with Crippen LogP contribution < -0.4 is 9.47 Å². The Morgan fingerprint density at radius 2 is 1.47 bits per heavy atom. The van der Waals surface area contributed by atoms with E-state index in [4.69, 9.17) is 14.2 Å². The number of ether oxygens (including phenoxy) is 3. The second-order valence-electron chi connectivity index (χ2n) is 7.57. The molecule has 168 valence electrons. The lowest BCUT2D eigenvalue weighted by atomic mass is 10.1. The Morgan fingerprint density at radius 1 is 0.794 bits per heavy atom. The van der Waals surface area contributed by atoms with Crippen LogP contribution in [0.2, 0.25) is 0 Å². The average Bonchev–Trinajstić information content (AvgIpc) is 3.54. The van der Waals surface area contributed by atoms with Gasteiger partial charge < -0.3 is 14.2 Å². The molecule has 4 aromatic rings. The number of carbonyl (C=O) groups is 1. The number of rotatable bonds is 8. The fourth-order valence-corrected chi connectivity index (χ4v) is 4.04. The van der Waals surface area contributed by atoms with Gasteiger partial charge in [-0.3, -0.25) is 0 Å². The standard InChI is InChI=1S/C28H21NO4S/c30-28-23(29-27(33-28)26-12-7-15-34-26)16-22-13-14-24(31-18-20-8-3-1-4-9-20)25(17-22)32-19-21-10-5-2-6-11-21/h1-17H,18-19H2. The van der Waals surface area contributed by atoms with Gasteiger partial charge in [-0.15, -0.1) is 11.3 Å². The molecule has 1 aliphatic rings. The van der Waals surface area contributed by atoms with Gasteiger partial charge in [-0.2, -0.15) is 0 Å². The maximum absolute atomic E-state index is 12.3. The lowest BCUT2D eigenvalue weighted by Crippen LogP contribution is -2.03. The molecule has 0 unspecified atom stereocenters. The van der Waals surface area contributed by atoms with Crippen LogP contribution >= 0.6 is 11.3 Å². The van der Waals surface area contributed by atoms with Crippen LogP contribution in [-0.2, 0) is 22.7 Å². The van der Waals surface area contributed by atoms with E-state index >= 15 is 0 Å². The van der Waals surface area contributed by atoms with E-state index in [9.17, 15) is 4.79 Å². The van der Waals surface area contributed by atoms with Crippen molar-refractivity contribution in [1.29, 1.82) is 0 Å². The summed E-state index contributed by atoms with van der Waals surface area (Å²) in [7, 11) is 0. The summed E-state index contributed by atoms with van der Waals surface area (Å²) in [6, 6.07) is 29.2. The Hall–Kier alpha value is -4.16. The molecule has 2 heterocycles. The molecule has 3 aromatic carbocycles. The van der Waals surface area contributed by atoms with Gasteiger partial charge in [0.25, 0.3) is 0 Å². The topological polar surface area (TPSA) is 57.1 Å². The zero-order valence-electron chi connectivity index (χ0n) is 18.2. The van der Waals surface area contributed by atoms with Crippen LogP contribution in [0.3, 0.4) is 0 Å². The van der Waals surface area contributed by atoms with Gasteiger partial charge in [-0.05, 0) is 46.3 Å². The van der Waals surface area contributed by atoms with E-state index in [0.717, 1.165) is 21.6 Å². The van der Waals surface area contributed by atoms with E-state index in [-0.39, 0.29) is 5.70 Å². The first-order valence-corrected chi connectivity index (χ1v) is 11.7. The monoisotopic (exact) mass is 467 g/mol. The summed E-state index contributed by atoms with van der Waals surface area (Å²) >= 11 is 1.47. The van der Waals surface area contributed by atoms with Gasteiger partial charge in [0.2, 0.25) is 5.90 Å². The second-order valence-corrected chi connectivity index (χ2v) is 8.52. The zero-order chi connectivity index (χ0) is 23.2. The highest BCUT2D eigenvalue weighted by atomic mass is 32.1. The lowest BCUT2D eigenvalue weighted by Gasteiger charge is -2.14. The minimum Gasteiger partial charge on any atom is -0.485 e. The maximum Gasteiger partial charge on any atom is 0.363 e. The number of carbonyl (C=O) groups excluding carboxylic acids is 1. The van der Waals surface area contributed by atoms with Crippen molar-refractivity contribution >= 4 is 29.3 Å². The molecular formula is C28H21NO4S. The highest BCUT2D eigenvalue weighted by molar-refractivity contribution is 7.12. The van der Waals surface area contributed by atoms with Gasteiger partial charge in [-0.25, -0.2) is 9.79 Å². The summed E-state index contributed by atoms with van der Waals surface area (Å²) in [4.78, 5) is 17.5. The predicted molar refractivity (Wildman–Crippen MR) is 133 cm³/mol. The van der Waals surface area contributed by atoms with Gasteiger partial charge in [0.1, 0.15) is 13.2 Å². The average molecular weight is 468 g/mol. The summed E-state index contributed by atoms with van der Waals surface area (Å²) in [5, 5.41) is 1.91. The fourth-order valence-electron chi connectivity index (χ4n) is 3.39. The number of nitrogens with zero attached hydrogens (tertiary/aromatic N) is 1. The van der Waals surface area contributed by atoms with Crippen LogP contribution in [0.4, 0.5) is 0 Å². The molecule has 34 heavy (non-hydrogen) atoms. The molecule has 0 saturated carbocycles. The van der Waals surface area contributed by atoms with Gasteiger partial charge in [0.15, 0.2) is 17.2 Å². The number of benzene rings is 3. The Morgan fingerprint density at radius 3 is 2.12 bits per heavy atom. The number of cyclic esters (lactones) is 1. The summed E-state index contributed by atoms with van der Waals surface area (Å²) in [6.45, 7) is 0.815. The van der Waals surface area contributed by atoms with E-state index in [1.54, 1.807) is 6.08 Å². The Balaban J connectivity index is 1.40. The molecule has 5 nitrogen and oxygen atoms in total. The molecule has 0 bridgehead atoms. The van der Waals surface area contributed by atoms with Crippen molar-refractivity contribution < 1.29 is 19.0 Å². The van der Waals surface area contributed by atoms with Crippen molar-refractivity contribution in [3.8, 4) is 11.5 Å². The third-order valence-corrected chi connectivity index (χ3v) is 5.96. The summed E-state index contributed by atoms with van der Waals surface area (Å²) in [5.74, 6) is 1.07.